The first-order valence-electron chi connectivity index (χ1n) is 7.93. The van der Waals surface area contributed by atoms with E-state index >= 15 is 0 Å². The third-order valence-electron chi connectivity index (χ3n) is 4.11. The number of carbonyl (C=O) groups excluding carboxylic acids is 2. The van der Waals surface area contributed by atoms with Crippen LogP contribution in [-0.2, 0) is 4.79 Å². The highest BCUT2D eigenvalue weighted by Gasteiger charge is 2.48. The Hall–Kier alpha value is -3.16. The Balaban J connectivity index is 1.92. The van der Waals surface area contributed by atoms with Crippen LogP contribution in [0.2, 0.25) is 0 Å². The first kappa shape index (κ1) is 16.7. The van der Waals surface area contributed by atoms with Gasteiger partial charge in [-0.1, -0.05) is 12.2 Å². The van der Waals surface area contributed by atoms with Crippen LogP contribution in [0, 0.1) is 0 Å². The molecule has 2 aliphatic rings. The van der Waals surface area contributed by atoms with Crippen LogP contribution < -0.4 is 10.6 Å². The van der Waals surface area contributed by atoms with Gasteiger partial charge in [-0.05, 0) is 12.1 Å². The molecule has 130 valence electrons. The van der Waals surface area contributed by atoms with Crippen LogP contribution in [0.25, 0.3) is 0 Å². The number of amidine groups is 1. The van der Waals surface area contributed by atoms with Crippen molar-refractivity contribution in [3.8, 4) is 0 Å². The highest BCUT2D eigenvalue weighted by molar-refractivity contribution is 6.08. The molecule has 2 aliphatic heterocycles. The van der Waals surface area contributed by atoms with Crippen molar-refractivity contribution in [1.82, 2.24) is 20.1 Å². The largest absolute Gasteiger partial charge is 0.373 e. The molecule has 1 fully saturated rings. The fraction of sp³-hybridized carbons (Fsp3) is 0.294. The number of hydrogen-bond acceptors (Lipinski definition) is 6. The van der Waals surface area contributed by atoms with Gasteiger partial charge in [0, 0.05) is 31.9 Å². The van der Waals surface area contributed by atoms with E-state index in [2.05, 4.69) is 33.8 Å². The highest BCUT2D eigenvalue weighted by atomic mass is 16.2. The van der Waals surface area contributed by atoms with Crippen LogP contribution in [0.4, 0.5) is 10.6 Å². The zero-order chi connectivity index (χ0) is 18.0. The van der Waals surface area contributed by atoms with Crippen molar-refractivity contribution in [3.05, 3.63) is 49.2 Å². The molecule has 0 spiro atoms. The molecule has 0 aromatic carbocycles. The molecule has 8 nitrogen and oxygen atoms in total. The Bertz CT molecular complexity index is 742. The Kier molecular flexibility index (Phi) is 4.51. The summed E-state index contributed by atoms with van der Waals surface area (Å²) in [5, 5.41) is 6.08. The van der Waals surface area contributed by atoms with Gasteiger partial charge in [-0.25, -0.2) is 14.8 Å². The molecular formula is C17H20N6O2. The predicted octanol–water partition coefficient (Wildman–Crippen LogP) is 0.804. The van der Waals surface area contributed by atoms with Crippen molar-refractivity contribution in [2.75, 3.05) is 25.5 Å². The maximum Gasteiger partial charge on any atom is 0.329 e. The number of rotatable bonds is 6. The van der Waals surface area contributed by atoms with Gasteiger partial charge in [0.2, 0.25) is 0 Å². The van der Waals surface area contributed by atoms with Gasteiger partial charge in [0.25, 0.3) is 5.91 Å². The number of urea groups is 1. The second-order valence-corrected chi connectivity index (χ2v) is 5.66. The Morgan fingerprint density at radius 1 is 1.28 bits per heavy atom. The maximum absolute atomic E-state index is 12.7. The molecule has 8 heteroatoms. The van der Waals surface area contributed by atoms with Crippen molar-refractivity contribution < 1.29 is 9.59 Å². The lowest BCUT2D eigenvalue weighted by Gasteiger charge is -2.39. The molecule has 1 aromatic heterocycles. The quantitative estimate of drug-likeness (QED) is 0.748. The molecule has 25 heavy (non-hydrogen) atoms. The van der Waals surface area contributed by atoms with Gasteiger partial charge in [-0.2, -0.15) is 0 Å². The van der Waals surface area contributed by atoms with Crippen molar-refractivity contribution in [1.29, 1.82) is 0 Å². The molecule has 0 aliphatic carbocycles. The normalized spacial score (nSPS) is 22.2. The summed E-state index contributed by atoms with van der Waals surface area (Å²) in [4.78, 5) is 36.8. The number of nitrogens with one attached hydrogen (secondary N) is 2. The number of carbonyl (C=O) groups is 2. The van der Waals surface area contributed by atoms with E-state index in [9.17, 15) is 9.59 Å². The number of hydrogen-bond donors (Lipinski definition) is 2. The van der Waals surface area contributed by atoms with Crippen LogP contribution >= 0.6 is 0 Å². The highest BCUT2D eigenvalue weighted by Crippen LogP contribution is 2.24. The maximum atomic E-state index is 12.7. The van der Waals surface area contributed by atoms with Gasteiger partial charge in [-0.15, -0.1) is 13.2 Å². The molecule has 3 amide bonds. The minimum atomic E-state index is -0.628. The minimum Gasteiger partial charge on any atom is -0.373 e. The molecular weight excluding hydrogens is 320 g/mol. The van der Waals surface area contributed by atoms with Crippen LogP contribution in [0.5, 0.6) is 0 Å². The lowest BCUT2D eigenvalue weighted by atomic mass is 10.1. The van der Waals surface area contributed by atoms with Gasteiger partial charge < -0.3 is 10.6 Å². The minimum absolute atomic E-state index is 0.157. The zero-order valence-electron chi connectivity index (χ0n) is 14.0. The molecule has 2 unspecified atom stereocenters. The third kappa shape index (κ3) is 2.86. The van der Waals surface area contributed by atoms with E-state index in [-0.39, 0.29) is 18.5 Å². The van der Waals surface area contributed by atoms with E-state index in [1.165, 1.54) is 15.9 Å². The summed E-state index contributed by atoms with van der Waals surface area (Å²) in [6.07, 6.45) is 4.21. The Labute approximate surface area is 145 Å². The summed E-state index contributed by atoms with van der Waals surface area (Å²) in [6, 6.07) is 2.66. The van der Waals surface area contributed by atoms with Crippen molar-refractivity contribution in [3.63, 3.8) is 0 Å². The summed E-state index contributed by atoms with van der Waals surface area (Å²) in [5.41, 5.74) is 0.752. The summed E-state index contributed by atoms with van der Waals surface area (Å²) in [5.74, 6) is 0.964. The second kappa shape index (κ2) is 6.76. The molecule has 0 saturated carbocycles. The number of aromatic nitrogens is 1. The van der Waals surface area contributed by atoms with Gasteiger partial charge in [0.05, 0.1) is 0 Å². The monoisotopic (exact) mass is 340 g/mol. The topological polar surface area (TPSA) is 89.9 Å². The first-order valence-corrected chi connectivity index (χ1v) is 7.93. The van der Waals surface area contributed by atoms with Crippen LogP contribution in [0.3, 0.4) is 0 Å². The number of imide groups is 1. The molecule has 3 rings (SSSR count). The fourth-order valence-electron chi connectivity index (χ4n) is 2.90. The van der Waals surface area contributed by atoms with E-state index in [0.29, 0.717) is 12.4 Å². The van der Waals surface area contributed by atoms with Crippen LogP contribution in [0.1, 0.15) is 5.56 Å². The van der Waals surface area contributed by atoms with Crippen molar-refractivity contribution in [2.45, 2.75) is 12.2 Å². The van der Waals surface area contributed by atoms with E-state index in [4.69, 9.17) is 0 Å². The lowest BCUT2D eigenvalue weighted by molar-refractivity contribution is -0.134. The standard InChI is InChI=1S/C17H20N6O2/c1-4-8-22-15-13(16(24)23(9-5-2)17(22)25)20-14(21-15)11-6-7-12(18-3)19-10-11/h4-7,10,13,15H,1-2,8-9H2,3H3,(H,18,19)(H,20,21). The predicted molar refractivity (Wildman–Crippen MR) is 95.2 cm³/mol. The average Bonchev–Trinajstić information content (AvgIpc) is 3.08. The SMILES string of the molecule is C=CCN1C(=O)C2NC(c3ccc(NC)nc3)=NC2N(CC=C)C1=O. The molecule has 0 radical (unpaired) electrons. The van der Waals surface area contributed by atoms with Crippen LogP contribution in [-0.4, -0.2) is 64.9 Å². The van der Waals surface area contributed by atoms with Gasteiger partial charge >= 0.3 is 6.03 Å². The summed E-state index contributed by atoms with van der Waals surface area (Å²) < 4.78 is 0. The molecule has 1 saturated heterocycles. The molecule has 3 heterocycles. The van der Waals surface area contributed by atoms with Gasteiger partial charge in [0.15, 0.2) is 6.17 Å². The number of aliphatic imine (C=N–C) groups is 1. The number of fused-ring (bicyclic) bond motifs is 1. The molecule has 1 aromatic rings. The van der Waals surface area contributed by atoms with Gasteiger partial charge in [0.1, 0.15) is 17.7 Å². The van der Waals surface area contributed by atoms with E-state index in [1.807, 2.05) is 12.1 Å². The summed E-state index contributed by atoms with van der Waals surface area (Å²) >= 11 is 0. The van der Waals surface area contributed by atoms with E-state index in [1.54, 1.807) is 19.3 Å². The third-order valence-corrected chi connectivity index (χ3v) is 4.11. The fourth-order valence-corrected chi connectivity index (χ4v) is 2.90. The smallest absolute Gasteiger partial charge is 0.329 e. The average molecular weight is 340 g/mol. The number of amides is 3. The zero-order valence-corrected chi connectivity index (χ0v) is 14.0. The second-order valence-electron chi connectivity index (χ2n) is 5.66. The number of nitrogens with zero attached hydrogens (tertiary/aromatic N) is 4. The Morgan fingerprint density at radius 3 is 2.64 bits per heavy atom. The van der Waals surface area contributed by atoms with Crippen LogP contribution in [0.15, 0.2) is 48.6 Å². The molecule has 2 atom stereocenters. The molecule has 2 N–H and O–H groups in total. The summed E-state index contributed by atoms with van der Waals surface area (Å²) in [7, 11) is 1.79. The lowest BCUT2D eigenvalue weighted by Crippen LogP contribution is -2.65. The van der Waals surface area contributed by atoms with Crippen molar-refractivity contribution in [2.24, 2.45) is 4.99 Å². The first-order chi connectivity index (χ1) is 12.1. The van der Waals surface area contributed by atoms with E-state index in [0.717, 1.165) is 11.4 Å². The summed E-state index contributed by atoms with van der Waals surface area (Å²) in [6.45, 7) is 7.76. The molecule has 0 bridgehead atoms. The van der Waals surface area contributed by atoms with Crippen molar-refractivity contribution >= 4 is 23.6 Å². The van der Waals surface area contributed by atoms with Gasteiger partial charge in [-0.3, -0.25) is 14.6 Å². The number of anilines is 1. The Morgan fingerprint density at radius 2 is 2.04 bits per heavy atom. The van der Waals surface area contributed by atoms with E-state index < -0.39 is 12.2 Å². The number of pyridine rings is 1.